The van der Waals surface area contributed by atoms with E-state index in [0.717, 1.165) is 0 Å². The summed E-state index contributed by atoms with van der Waals surface area (Å²) in [5, 5.41) is 3.82. The Balaban J connectivity index is 2.94. The van der Waals surface area contributed by atoms with Crippen molar-refractivity contribution in [2.45, 2.75) is 31.3 Å². The lowest BCUT2D eigenvalue weighted by atomic mass is 10.3. The third-order valence-corrected chi connectivity index (χ3v) is 5.35. The molecule has 1 rings (SSSR count). The Bertz CT molecular complexity index is 424. The number of hydrogen-bond acceptors (Lipinski definition) is 5. The maximum absolute atomic E-state index is 11.3. The van der Waals surface area contributed by atoms with Crippen molar-refractivity contribution in [2.24, 2.45) is 5.14 Å². The van der Waals surface area contributed by atoms with Crippen LogP contribution in [0.25, 0.3) is 0 Å². The van der Waals surface area contributed by atoms with Crippen LogP contribution in [-0.2, 0) is 24.6 Å². The maximum Gasteiger partial charge on any atom is 0.215 e. The average molecular weight is 257 g/mol. The number of rotatable bonds is 3. The van der Waals surface area contributed by atoms with Gasteiger partial charge >= 0.3 is 0 Å². The normalized spacial score (nSPS) is 30.9. The summed E-state index contributed by atoms with van der Waals surface area (Å²) in [5.74, 6) is -0.713. The number of nitrogens with two attached hydrogens (primary N) is 1. The molecule has 0 spiro atoms. The molecule has 2 unspecified atom stereocenters. The van der Waals surface area contributed by atoms with Crippen LogP contribution in [0.2, 0.25) is 0 Å². The van der Waals surface area contributed by atoms with Gasteiger partial charge in [0.25, 0.3) is 0 Å². The van der Waals surface area contributed by atoms with Crippen molar-refractivity contribution in [2.75, 3.05) is 11.5 Å². The lowest BCUT2D eigenvalue weighted by molar-refractivity contribution is 0.0252. The largest absolute Gasteiger partial charge is 0.373 e. The van der Waals surface area contributed by atoms with E-state index in [2.05, 4.69) is 0 Å². The molecule has 1 aliphatic rings. The van der Waals surface area contributed by atoms with Crippen LogP contribution in [0.1, 0.15) is 13.8 Å². The molecular formula is C7H15NO5S2. The van der Waals surface area contributed by atoms with E-state index in [1.807, 2.05) is 0 Å². The van der Waals surface area contributed by atoms with Gasteiger partial charge in [0.1, 0.15) is 5.25 Å². The molecule has 1 heterocycles. The molecule has 0 saturated carbocycles. The van der Waals surface area contributed by atoms with Crippen molar-refractivity contribution >= 4 is 19.9 Å². The summed E-state index contributed by atoms with van der Waals surface area (Å²) in [4.78, 5) is 0. The number of sulfone groups is 1. The molecule has 0 amide bonds. The Morgan fingerprint density at radius 2 is 1.87 bits per heavy atom. The molecule has 0 radical (unpaired) electrons. The Labute approximate surface area is 89.8 Å². The fourth-order valence-electron chi connectivity index (χ4n) is 1.57. The molecule has 15 heavy (non-hydrogen) atoms. The minimum Gasteiger partial charge on any atom is -0.373 e. The predicted molar refractivity (Wildman–Crippen MR) is 55.6 cm³/mol. The van der Waals surface area contributed by atoms with Gasteiger partial charge in [-0.1, -0.05) is 0 Å². The Hall–Kier alpha value is -0.180. The van der Waals surface area contributed by atoms with Gasteiger partial charge in [-0.15, -0.1) is 0 Å². The van der Waals surface area contributed by atoms with Crippen LogP contribution in [0.15, 0.2) is 0 Å². The van der Waals surface area contributed by atoms with Crippen LogP contribution in [0, 0.1) is 0 Å². The van der Waals surface area contributed by atoms with Gasteiger partial charge in [0.15, 0.2) is 9.84 Å². The quantitative estimate of drug-likeness (QED) is 0.688. The Kier molecular flexibility index (Phi) is 3.44. The first-order valence-electron chi connectivity index (χ1n) is 4.49. The average Bonchev–Trinajstić information content (AvgIpc) is 2.22. The first kappa shape index (κ1) is 12.9. The smallest absolute Gasteiger partial charge is 0.215 e. The summed E-state index contributed by atoms with van der Waals surface area (Å²) < 4.78 is 50.1. The molecule has 2 N–H and O–H groups in total. The number of sulfonamides is 1. The fraction of sp³-hybridized carbons (Fsp3) is 1.00. The molecule has 90 valence electrons. The highest BCUT2D eigenvalue weighted by molar-refractivity contribution is 7.95. The highest BCUT2D eigenvalue weighted by Gasteiger charge is 2.45. The van der Waals surface area contributed by atoms with Crippen LogP contribution in [0.4, 0.5) is 0 Å². The molecule has 0 aliphatic carbocycles. The van der Waals surface area contributed by atoms with Crippen molar-refractivity contribution < 1.29 is 21.6 Å². The van der Waals surface area contributed by atoms with Crippen LogP contribution >= 0.6 is 0 Å². The van der Waals surface area contributed by atoms with E-state index >= 15 is 0 Å². The molecule has 1 saturated heterocycles. The zero-order chi connectivity index (χ0) is 11.9. The minimum atomic E-state index is -3.87. The molecule has 0 aromatic heterocycles. The van der Waals surface area contributed by atoms with Gasteiger partial charge in [-0.3, -0.25) is 0 Å². The monoisotopic (exact) mass is 257 g/mol. The van der Waals surface area contributed by atoms with E-state index in [9.17, 15) is 16.8 Å². The lowest BCUT2D eigenvalue weighted by Crippen LogP contribution is -2.40. The predicted octanol–water partition coefficient (Wildman–Crippen LogP) is -1.13. The van der Waals surface area contributed by atoms with Crippen LogP contribution in [-0.4, -0.2) is 45.8 Å². The lowest BCUT2D eigenvalue weighted by Gasteiger charge is -2.19. The minimum absolute atomic E-state index is 0.229. The SMILES string of the molecule is CC(C)OC1CS(=O)(=O)CC1S(N)(=O)=O. The second-order valence-electron chi connectivity index (χ2n) is 3.93. The van der Waals surface area contributed by atoms with Crippen molar-refractivity contribution in [1.82, 2.24) is 0 Å². The zero-order valence-corrected chi connectivity index (χ0v) is 10.2. The topological polar surface area (TPSA) is 104 Å². The summed E-state index contributed by atoms with van der Waals surface area (Å²) >= 11 is 0. The van der Waals surface area contributed by atoms with Gasteiger partial charge in [0.2, 0.25) is 10.0 Å². The molecule has 1 fully saturated rings. The molecule has 2 atom stereocenters. The van der Waals surface area contributed by atoms with Crippen LogP contribution in [0.5, 0.6) is 0 Å². The summed E-state index contributed by atoms with van der Waals surface area (Å²) in [7, 11) is -7.23. The maximum atomic E-state index is 11.3. The summed E-state index contributed by atoms with van der Waals surface area (Å²) in [5.41, 5.74) is 0. The highest BCUT2D eigenvalue weighted by Crippen LogP contribution is 2.21. The van der Waals surface area contributed by atoms with E-state index in [0.29, 0.717) is 0 Å². The second kappa shape index (κ2) is 4.00. The van der Waals surface area contributed by atoms with Gasteiger partial charge in [-0.2, -0.15) is 0 Å². The second-order valence-corrected chi connectivity index (χ2v) is 7.87. The Morgan fingerprint density at radius 1 is 1.33 bits per heavy atom. The number of ether oxygens (including phenoxy) is 1. The van der Waals surface area contributed by atoms with Crippen molar-refractivity contribution in [3.8, 4) is 0 Å². The van der Waals surface area contributed by atoms with E-state index in [1.165, 1.54) is 0 Å². The highest BCUT2D eigenvalue weighted by atomic mass is 32.2. The van der Waals surface area contributed by atoms with E-state index in [4.69, 9.17) is 9.88 Å². The summed E-state index contributed by atoms with van der Waals surface area (Å²) in [6.45, 7) is 3.43. The van der Waals surface area contributed by atoms with Crippen molar-refractivity contribution in [3.05, 3.63) is 0 Å². The third kappa shape index (κ3) is 3.40. The van der Waals surface area contributed by atoms with Gasteiger partial charge < -0.3 is 4.74 Å². The molecule has 1 aliphatic heterocycles. The standard InChI is InChI=1S/C7H15NO5S2/c1-5(2)13-6-3-14(9,10)4-7(6)15(8,11)12/h5-7H,3-4H2,1-2H3,(H2,8,11,12). The van der Waals surface area contributed by atoms with Crippen LogP contribution in [0.3, 0.4) is 0 Å². The first-order valence-corrected chi connectivity index (χ1v) is 7.92. The van der Waals surface area contributed by atoms with E-state index in [-0.39, 0.29) is 11.9 Å². The number of hydrogen-bond donors (Lipinski definition) is 1. The number of primary sulfonamides is 1. The fourth-order valence-corrected chi connectivity index (χ4v) is 5.31. The van der Waals surface area contributed by atoms with E-state index in [1.54, 1.807) is 13.8 Å². The van der Waals surface area contributed by atoms with Gasteiger partial charge in [0, 0.05) is 0 Å². The molecule has 6 nitrogen and oxygen atoms in total. The molecule has 0 aromatic rings. The van der Waals surface area contributed by atoms with Gasteiger partial charge in [-0.25, -0.2) is 22.0 Å². The van der Waals surface area contributed by atoms with E-state index < -0.39 is 37.0 Å². The Morgan fingerprint density at radius 3 is 2.27 bits per heavy atom. The molecular weight excluding hydrogens is 242 g/mol. The first-order chi connectivity index (χ1) is 6.62. The van der Waals surface area contributed by atoms with Gasteiger partial charge in [0.05, 0.1) is 23.7 Å². The molecule has 0 aromatic carbocycles. The van der Waals surface area contributed by atoms with Crippen molar-refractivity contribution in [1.29, 1.82) is 0 Å². The third-order valence-electron chi connectivity index (χ3n) is 2.12. The summed E-state index contributed by atoms with van der Waals surface area (Å²) in [6.07, 6.45) is -1.07. The molecule has 8 heteroatoms. The summed E-state index contributed by atoms with van der Waals surface area (Å²) in [6, 6.07) is 0. The molecule has 0 bridgehead atoms. The van der Waals surface area contributed by atoms with Gasteiger partial charge in [-0.05, 0) is 13.8 Å². The zero-order valence-electron chi connectivity index (χ0n) is 8.58. The van der Waals surface area contributed by atoms with Crippen LogP contribution < -0.4 is 5.14 Å². The van der Waals surface area contributed by atoms with Crippen molar-refractivity contribution in [3.63, 3.8) is 0 Å².